The van der Waals surface area contributed by atoms with Crippen LogP contribution in [-0.4, -0.2) is 31.4 Å². The number of rotatable bonds is 9. The number of ether oxygens (including phenoxy) is 3. The van der Waals surface area contributed by atoms with Gasteiger partial charge in [0.1, 0.15) is 30.6 Å². The number of para-hydroxylation sites is 1. The summed E-state index contributed by atoms with van der Waals surface area (Å²) in [7, 11) is 1.49. The molecule has 0 saturated carbocycles. The van der Waals surface area contributed by atoms with Crippen molar-refractivity contribution in [3.8, 4) is 23.3 Å². The van der Waals surface area contributed by atoms with Crippen LogP contribution in [0.4, 0.5) is 0 Å². The molecule has 0 aliphatic carbocycles. The van der Waals surface area contributed by atoms with E-state index < -0.39 is 5.97 Å². The van der Waals surface area contributed by atoms with Gasteiger partial charge in [-0.3, -0.25) is 0 Å². The van der Waals surface area contributed by atoms with Crippen molar-refractivity contribution in [2.24, 2.45) is 0 Å². The average molecular weight is 367 g/mol. The molecule has 2 aromatic rings. The zero-order valence-electron chi connectivity index (χ0n) is 15.3. The predicted molar refractivity (Wildman–Crippen MR) is 101 cm³/mol. The van der Waals surface area contributed by atoms with Gasteiger partial charge >= 0.3 is 5.97 Å². The first kappa shape index (κ1) is 19.9. The molecule has 2 rings (SSSR count). The fourth-order valence-electron chi connectivity index (χ4n) is 2.38. The maximum absolute atomic E-state index is 11.1. The van der Waals surface area contributed by atoms with Crippen molar-refractivity contribution in [1.29, 1.82) is 5.26 Å². The largest absolute Gasteiger partial charge is 0.493 e. The monoisotopic (exact) mass is 367 g/mol. The molecule has 0 saturated heterocycles. The number of carbonyl (C=O) groups is 1. The quantitative estimate of drug-likeness (QED) is 0.413. The summed E-state index contributed by atoms with van der Waals surface area (Å²) in [6, 6.07) is 14.5. The Morgan fingerprint density at radius 1 is 1.15 bits per heavy atom. The van der Waals surface area contributed by atoms with Crippen LogP contribution < -0.4 is 14.2 Å². The average Bonchev–Trinajstić information content (AvgIpc) is 2.69. The van der Waals surface area contributed by atoms with Gasteiger partial charge in [-0.15, -0.1) is 0 Å². The maximum Gasteiger partial charge on any atom is 0.346 e. The minimum Gasteiger partial charge on any atom is -0.493 e. The lowest BCUT2D eigenvalue weighted by atomic mass is 10.1. The molecule has 0 spiro atoms. The van der Waals surface area contributed by atoms with Gasteiger partial charge in [0.2, 0.25) is 0 Å². The van der Waals surface area contributed by atoms with Gasteiger partial charge in [0, 0.05) is 5.56 Å². The number of aryl methyl sites for hydroxylation is 1. The molecule has 0 aromatic heterocycles. The van der Waals surface area contributed by atoms with Crippen LogP contribution in [0.15, 0.2) is 48.0 Å². The van der Waals surface area contributed by atoms with Crippen molar-refractivity contribution in [2.45, 2.75) is 13.3 Å². The zero-order valence-corrected chi connectivity index (χ0v) is 15.3. The molecular formula is C21H21NO5. The zero-order chi connectivity index (χ0) is 19.6. The summed E-state index contributed by atoms with van der Waals surface area (Å²) < 4.78 is 16.7. The summed E-state index contributed by atoms with van der Waals surface area (Å²) in [5.41, 5.74) is 1.29. The third-order valence-corrected chi connectivity index (χ3v) is 3.81. The van der Waals surface area contributed by atoms with Crippen LogP contribution in [-0.2, 0) is 11.2 Å². The molecule has 2 aromatic carbocycles. The van der Waals surface area contributed by atoms with Crippen LogP contribution in [0.3, 0.4) is 0 Å². The molecule has 0 aliphatic heterocycles. The number of carboxylic acids is 1. The third-order valence-electron chi connectivity index (χ3n) is 3.81. The predicted octanol–water partition coefficient (Wildman–Crippen LogP) is 3.71. The molecule has 27 heavy (non-hydrogen) atoms. The van der Waals surface area contributed by atoms with Crippen LogP contribution in [0.2, 0.25) is 0 Å². The van der Waals surface area contributed by atoms with Crippen molar-refractivity contribution in [2.75, 3.05) is 20.3 Å². The molecule has 6 heteroatoms. The van der Waals surface area contributed by atoms with Crippen molar-refractivity contribution in [3.05, 3.63) is 59.2 Å². The van der Waals surface area contributed by atoms with Gasteiger partial charge in [0.15, 0.2) is 11.5 Å². The fraction of sp³-hybridized carbons (Fsp3) is 0.238. The van der Waals surface area contributed by atoms with Gasteiger partial charge in [-0.2, -0.15) is 5.26 Å². The van der Waals surface area contributed by atoms with Gasteiger partial charge in [-0.1, -0.05) is 31.2 Å². The van der Waals surface area contributed by atoms with Gasteiger partial charge in [-0.05, 0) is 36.3 Å². The first-order chi connectivity index (χ1) is 13.1. The third kappa shape index (κ3) is 5.51. The second kappa shape index (κ2) is 9.88. The smallest absolute Gasteiger partial charge is 0.346 e. The lowest BCUT2D eigenvalue weighted by Gasteiger charge is -2.14. The Kier molecular flexibility index (Phi) is 7.26. The Balaban J connectivity index is 2.08. The molecule has 140 valence electrons. The lowest BCUT2D eigenvalue weighted by Crippen LogP contribution is -2.10. The van der Waals surface area contributed by atoms with Crippen LogP contribution >= 0.6 is 0 Å². The molecule has 0 atom stereocenters. The molecular weight excluding hydrogens is 346 g/mol. The highest BCUT2D eigenvalue weighted by atomic mass is 16.5. The fourth-order valence-corrected chi connectivity index (χ4v) is 2.38. The molecule has 0 heterocycles. The van der Waals surface area contributed by atoms with Crippen LogP contribution in [0.25, 0.3) is 6.08 Å². The summed E-state index contributed by atoms with van der Waals surface area (Å²) in [4.78, 5) is 11.1. The first-order valence-corrected chi connectivity index (χ1v) is 8.45. The maximum atomic E-state index is 11.1. The van der Waals surface area contributed by atoms with Crippen LogP contribution in [0.1, 0.15) is 18.1 Å². The van der Waals surface area contributed by atoms with Crippen LogP contribution in [0, 0.1) is 11.3 Å². The molecule has 0 fully saturated rings. The van der Waals surface area contributed by atoms with Crippen molar-refractivity contribution >= 4 is 12.0 Å². The van der Waals surface area contributed by atoms with E-state index in [0.717, 1.165) is 12.2 Å². The Bertz CT molecular complexity index is 850. The Hall–Kier alpha value is -3.46. The van der Waals surface area contributed by atoms with Gasteiger partial charge in [0.25, 0.3) is 0 Å². The number of nitriles is 1. The number of hydrogen-bond donors (Lipinski definition) is 1. The summed E-state index contributed by atoms with van der Waals surface area (Å²) in [5.74, 6) is 0.247. The SMILES string of the molecule is CCc1ccc(OCCOc2c(C=C(C#N)C(=O)O)cccc2OC)cc1. The number of aliphatic carboxylic acids is 1. The molecule has 6 nitrogen and oxygen atoms in total. The number of carboxylic acid groups (broad SMARTS) is 1. The topological polar surface area (TPSA) is 88.8 Å². The Labute approximate surface area is 158 Å². The highest BCUT2D eigenvalue weighted by Gasteiger charge is 2.13. The van der Waals surface area contributed by atoms with Crippen molar-refractivity contribution in [1.82, 2.24) is 0 Å². The Morgan fingerprint density at radius 3 is 2.44 bits per heavy atom. The number of benzene rings is 2. The van der Waals surface area contributed by atoms with E-state index in [-0.39, 0.29) is 12.2 Å². The number of nitrogens with zero attached hydrogens (tertiary/aromatic N) is 1. The van der Waals surface area contributed by atoms with Gasteiger partial charge < -0.3 is 19.3 Å². The van der Waals surface area contributed by atoms with E-state index >= 15 is 0 Å². The molecule has 1 N–H and O–H groups in total. The van der Waals surface area contributed by atoms with Crippen molar-refractivity contribution < 1.29 is 24.1 Å². The molecule has 0 aliphatic rings. The molecule has 0 bridgehead atoms. The molecule has 0 amide bonds. The lowest BCUT2D eigenvalue weighted by molar-refractivity contribution is -0.132. The summed E-state index contributed by atoms with van der Waals surface area (Å²) >= 11 is 0. The minimum absolute atomic E-state index is 0.228. The van der Waals surface area contributed by atoms with Gasteiger partial charge in [-0.25, -0.2) is 4.79 Å². The van der Waals surface area contributed by atoms with E-state index in [2.05, 4.69) is 6.92 Å². The second-order valence-electron chi connectivity index (χ2n) is 5.55. The highest BCUT2D eigenvalue weighted by Crippen LogP contribution is 2.32. The highest BCUT2D eigenvalue weighted by molar-refractivity contribution is 5.97. The number of hydrogen-bond acceptors (Lipinski definition) is 5. The van der Waals surface area contributed by atoms with Gasteiger partial charge in [0.05, 0.1) is 7.11 Å². The van der Waals surface area contributed by atoms with Crippen molar-refractivity contribution in [3.63, 3.8) is 0 Å². The van der Waals surface area contributed by atoms with E-state index in [9.17, 15) is 4.79 Å². The van der Waals surface area contributed by atoms with E-state index in [1.54, 1.807) is 24.3 Å². The van der Waals surface area contributed by atoms with E-state index in [4.69, 9.17) is 24.6 Å². The standard InChI is InChI=1S/C21H21NO5/c1-3-15-7-9-18(10-8-15)26-11-12-27-20-16(5-4-6-19(20)25-2)13-17(14-22)21(23)24/h4-10,13H,3,11-12H2,1-2H3,(H,23,24). The summed E-state index contributed by atoms with van der Waals surface area (Å²) in [6.45, 7) is 2.62. The summed E-state index contributed by atoms with van der Waals surface area (Å²) in [6.07, 6.45) is 2.22. The normalized spacial score (nSPS) is 10.8. The van der Waals surface area contributed by atoms with Crippen LogP contribution in [0.5, 0.6) is 17.2 Å². The second-order valence-corrected chi connectivity index (χ2v) is 5.55. The first-order valence-electron chi connectivity index (χ1n) is 8.45. The van der Waals surface area contributed by atoms with E-state index in [0.29, 0.717) is 23.7 Å². The number of methoxy groups -OCH3 is 1. The Morgan fingerprint density at radius 2 is 1.85 bits per heavy atom. The van der Waals surface area contributed by atoms with E-state index in [1.807, 2.05) is 24.3 Å². The summed E-state index contributed by atoms with van der Waals surface area (Å²) in [5, 5.41) is 18.0. The molecule has 0 unspecified atom stereocenters. The molecule has 0 radical (unpaired) electrons. The minimum atomic E-state index is -1.30. The van der Waals surface area contributed by atoms with E-state index in [1.165, 1.54) is 18.7 Å².